The van der Waals surface area contributed by atoms with Crippen molar-refractivity contribution in [3.05, 3.63) is 163 Å². The lowest BCUT2D eigenvalue weighted by molar-refractivity contribution is 0.476. The summed E-state index contributed by atoms with van der Waals surface area (Å²) in [5.41, 5.74) is 3.28. The zero-order valence-corrected chi connectivity index (χ0v) is 27.0. The first kappa shape index (κ1) is 21.0. The first-order valence-corrected chi connectivity index (χ1v) is 15.8. The maximum Gasteiger partial charge on any atom is 0.143 e. The lowest BCUT2D eigenvalue weighted by atomic mass is 9.83. The van der Waals surface area contributed by atoms with Gasteiger partial charge in [-0.1, -0.05) is 130 Å². The zero-order valence-electron chi connectivity index (χ0n) is 37.0. The Hall–Kier alpha value is -6.13. The molecule has 0 saturated carbocycles. The van der Waals surface area contributed by atoms with E-state index >= 15 is 0 Å². The summed E-state index contributed by atoms with van der Waals surface area (Å²) in [6, 6.07) is 22.1. The van der Waals surface area contributed by atoms with E-state index in [0.29, 0.717) is 33.8 Å². The molecule has 0 atom stereocenters. The number of hydrogen-bond acceptors (Lipinski definition) is 3. The molecule has 0 fully saturated rings. The summed E-state index contributed by atoms with van der Waals surface area (Å²) in [6.07, 6.45) is 1.57. The van der Waals surface area contributed by atoms with Crippen molar-refractivity contribution in [3.8, 4) is 56.4 Å². The normalized spacial score (nSPS) is 14.5. The molecule has 0 unspecified atom stereocenters. The van der Waals surface area contributed by atoms with Crippen LogP contribution in [0.25, 0.3) is 61.0 Å². The van der Waals surface area contributed by atoms with Gasteiger partial charge in [-0.15, -0.1) is 0 Å². The Kier molecular flexibility index (Phi) is 5.20. The molecule has 2 aromatic heterocycles. The van der Waals surface area contributed by atoms with Crippen molar-refractivity contribution in [1.29, 1.82) is 0 Å². The van der Waals surface area contributed by atoms with Crippen molar-refractivity contribution in [2.45, 2.75) is 26.2 Å². The van der Waals surface area contributed by atoms with E-state index in [0.717, 1.165) is 21.9 Å². The van der Waals surface area contributed by atoms with Crippen LogP contribution in [0.3, 0.4) is 0 Å². The monoisotopic (exact) mass is 646 g/mol. The number of fused-ring (bicyclic) bond motifs is 3. The van der Waals surface area contributed by atoms with E-state index in [4.69, 9.17) is 18.4 Å². The molecule has 4 heteroatoms. The SMILES string of the molecule is [2H]c1c([2H])c([2H])c(-c2cc(-c3cccc(-c4c([2H])c([2H])c([2H])c([2H])c4[2H])c3Oc3ccnc(-n4c5ccccc5c5ccc(O)cc54)c3)cc(C(C)(C)C)c2)c([2H])c1[2H]. The van der Waals surface area contributed by atoms with Crippen LogP contribution in [0.4, 0.5) is 0 Å². The molecule has 4 nitrogen and oxygen atoms in total. The van der Waals surface area contributed by atoms with Gasteiger partial charge in [0.15, 0.2) is 0 Å². The standard InChI is InChI=1S/C45H36N2O2/c1-45(2,3)34-26-32(30-13-6-4-7-14-30)25-33(27-34)38-19-12-18-37(31-15-8-5-9-16-31)44(38)49-36-23-24-46-43(29-36)47-41-20-11-10-17-39(41)40-22-21-35(48)28-42(40)47/h4-29,48H,1-3H3/i4D,5D,6D,7D,8D,9D,13D,14D,15D,16D. The number of hydrogen-bond donors (Lipinski definition) is 1. The Balaban J connectivity index is 1.40. The molecule has 0 aliphatic carbocycles. The molecule has 6 aromatic carbocycles. The van der Waals surface area contributed by atoms with Gasteiger partial charge in [-0.2, -0.15) is 0 Å². The topological polar surface area (TPSA) is 47.3 Å². The van der Waals surface area contributed by atoms with Crippen LogP contribution in [0.15, 0.2) is 158 Å². The van der Waals surface area contributed by atoms with Crippen molar-refractivity contribution in [2.75, 3.05) is 0 Å². The summed E-state index contributed by atoms with van der Waals surface area (Å²) in [5, 5.41) is 12.4. The summed E-state index contributed by atoms with van der Waals surface area (Å²) in [6.45, 7) is 5.97. The number of para-hydroxylation sites is 2. The van der Waals surface area contributed by atoms with Crippen molar-refractivity contribution in [3.63, 3.8) is 0 Å². The molecule has 0 aliphatic rings. The van der Waals surface area contributed by atoms with Gasteiger partial charge < -0.3 is 9.84 Å². The lowest BCUT2D eigenvalue weighted by Crippen LogP contribution is -2.11. The highest BCUT2D eigenvalue weighted by atomic mass is 16.5. The Labute approximate surface area is 300 Å². The molecule has 0 saturated heterocycles. The third-order valence-electron chi connectivity index (χ3n) is 8.51. The van der Waals surface area contributed by atoms with Crippen LogP contribution >= 0.6 is 0 Å². The number of rotatable bonds is 6. The van der Waals surface area contributed by atoms with Crippen molar-refractivity contribution in [1.82, 2.24) is 9.55 Å². The van der Waals surface area contributed by atoms with Gasteiger partial charge in [0.1, 0.15) is 23.1 Å². The van der Waals surface area contributed by atoms with Crippen LogP contribution in [0, 0.1) is 0 Å². The fraction of sp³-hybridized carbons (Fsp3) is 0.0889. The fourth-order valence-corrected chi connectivity index (χ4v) is 6.12. The van der Waals surface area contributed by atoms with Crippen LogP contribution in [0.5, 0.6) is 17.2 Å². The number of benzene rings is 6. The number of phenols is 1. The molecular formula is C45H36N2O2. The predicted octanol–water partition coefficient (Wildman–Crippen LogP) is 12.0. The number of phenolic OH excluding ortho intramolecular Hbond substituents is 1. The number of nitrogens with zero attached hydrogens (tertiary/aromatic N) is 2. The van der Waals surface area contributed by atoms with E-state index < -0.39 is 53.8 Å². The van der Waals surface area contributed by atoms with Crippen molar-refractivity contribution >= 4 is 21.8 Å². The van der Waals surface area contributed by atoms with Crippen molar-refractivity contribution < 1.29 is 23.6 Å². The Morgan fingerprint density at radius 1 is 0.633 bits per heavy atom. The summed E-state index contributed by atoms with van der Waals surface area (Å²) in [4.78, 5) is 4.69. The highest BCUT2D eigenvalue weighted by Crippen LogP contribution is 2.44. The van der Waals surface area contributed by atoms with Gasteiger partial charge in [0.25, 0.3) is 0 Å². The van der Waals surface area contributed by atoms with Crippen LogP contribution in [-0.4, -0.2) is 14.7 Å². The summed E-state index contributed by atoms with van der Waals surface area (Å²) in [7, 11) is 0. The van der Waals surface area contributed by atoms with Gasteiger partial charge in [0.05, 0.1) is 24.7 Å². The van der Waals surface area contributed by atoms with Gasteiger partial charge in [-0.3, -0.25) is 4.57 Å². The number of aromatic nitrogens is 2. The molecule has 0 bridgehead atoms. The van der Waals surface area contributed by atoms with Crippen LogP contribution in [0.2, 0.25) is 0 Å². The minimum absolute atomic E-state index is 0.0172. The third-order valence-corrected chi connectivity index (χ3v) is 8.51. The maximum atomic E-state index is 10.5. The molecule has 2 heterocycles. The fourth-order valence-electron chi connectivity index (χ4n) is 6.12. The Morgan fingerprint density at radius 3 is 2.06 bits per heavy atom. The Morgan fingerprint density at radius 2 is 1.31 bits per heavy atom. The number of pyridine rings is 1. The predicted molar refractivity (Wildman–Crippen MR) is 202 cm³/mol. The molecule has 0 amide bonds. The van der Waals surface area contributed by atoms with E-state index in [-0.39, 0.29) is 40.3 Å². The first-order valence-electron chi connectivity index (χ1n) is 20.8. The minimum Gasteiger partial charge on any atom is -0.508 e. The van der Waals surface area contributed by atoms with E-state index in [9.17, 15) is 5.11 Å². The second-order valence-corrected chi connectivity index (χ2v) is 12.7. The van der Waals surface area contributed by atoms with Crippen LogP contribution < -0.4 is 4.74 Å². The van der Waals surface area contributed by atoms with Gasteiger partial charge in [0.2, 0.25) is 0 Å². The molecule has 8 aromatic rings. The van der Waals surface area contributed by atoms with E-state index in [1.54, 1.807) is 60.8 Å². The first-order chi connectivity index (χ1) is 28.0. The molecule has 238 valence electrons. The van der Waals surface area contributed by atoms with Crippen molar-refractivity contribution in [2.24, 2.45) is 0 Å². The third kappa shape index (κ3) is 5.72. The second kappa shape index (κ2) is 12.1. The Bertz CT molecular complexity index is 2990. The van der Waals surface area contributed by atoms with Gasteiger partial charge in [-0.05, 0) is 63.6 Å². The van der Waals surface area contributed by atoms with Gasteiger partial charge in [0, 0.05) is 40.2 Å². The lowest BCUT2D eigenvalue weighted by Gasteiger charge is -2.23. The van der Waals surface area contributed by atoms with Crippen LogP contribution in [-0.2, 0) is 5.41 Å². The van der Waals surface area contributed by atoms with Gasteiger partial charge >= 0.3 is 0 Å². The number of ether oxygens (including phenoxy) is 1. The molecule has 0 radical (unpaired) electrons. The van der Waals surface area contributed by atoms with Gasteiger partial charge in [-0.25, -0.2) is 4.98 Å². The van der Waals surface area contributed by atoms with E-state index in [1.807, 2.05) is 61.7 Å². The largest absolute Gasteiger partial charge is 0.508 e. The molecular weight excluding hydrogens is 601 g/mol. The quantitative estimate of drug-likeness (QED) is 0.196. The molecule has 8 rings (SSSR count). The average molecular weight is 647 g/mol. The average Bonchev–Trinajstić information content (AvgIpc) is 3.54. The highest BCUT2D eigenvalue weighted by molar-refractivity contribution is 6.09. The molecule has 0 aliphatic heterocycles. The van der Waals surface area contributed by atoms with Crippen LogP contribution in [0.1, 0.15) is 40.0 Å². The summed E-state index contributed by atoms with van der Waals surface area (Å²) >= 11 is 0. The molecule has 1 N–H and O–H groups in total. The highest BCUT2D eigenvalue weighted by Gasteiger charge is 2.21. The summed E-state index contributed by atoms with van der Waals surface area (Å²) < 4.78 is 94.4. The molecule has 49 heavy (non-hydrogen) atoms. The van der Waals surface area contributed by atoms with E-state index in [2.05, 4.69) is 4.98 Å². The maximum absolute atomic E-state index is 10.5. The smallest absolute Gasteiger partial charge is 0.143 e. The number of aromatic hydroxyl groups is 1. The van der Waals surface area contributed by atoms with E-state index in [1.165, 1.54) is 0 Å². The zero-order chi connectivity index (χ0) is 42.2. The summed E-state index contributed by atoms with van der Waals surface area (Å²) in [5.74, 6) is 0.965. The molecule has 0 spiro atoms. The minimum atomic E-state index is -0.542. The second-order valence-electron chi connectivity index (χ2n) is 12.7.